The molecule has 0 aliphatic carbocycles. The Kier molecular flexibility index (Phi) is 3.81. The van der Waals surface area contributed by atoms with Gasteiger partial charge in [-0.05, 0) is 17.7 Å². The molecule has 0 bridgehead atoms. The van der Waals surface area contributed by atoms with E-state index in [1.54, 1.807) is 0 Å². The number of nitrogens with zero attached hydrogens (tertiary/aromatic N) is 2. The predicted octanol–water partition coefficient (Wildman–Crippen LogP) is 3.05. The van der Waals surface area contributed by atoms with Gasteiger partial charge in [0.1, 0.15) is 11.8 Å². The zero-order valence-electron chi connectivity index (χ0n) is 8.73. The largest absolute Gasteiger partial charge is 0.473 e. The van der Waals surface area contributed by atoms with E-state index in [2.05, 4.69) is 25.9 Å². The highest BCUT2D eigenvalue weighted by Gasteiger charge is 2.02. The molecule has 0 unspecified atom stereocenters. The molecule has 0 amide bonds. The number of halogens is 2. The second-order valence-corrected chi connectivity index (χ2v) is 4.61. The molecule has 6 heteroatoms. The Morgan fingerprint density at radius 1 is 1.24 bits per heavy atom. The molecule has 0 aliphatic rings. The van der Waals surface area contributed by atoms with Gasteiger partial charge in [-0.2, -0.15) is 4.98 Å². The molecule has 0 saturated carbocycles. The average molecular weight is 315 g/mol. The number of ether oxygens (including phenoxy) is 1. The molecule has 2 N–H and O–H groups in total. The van der Waals surface area contributed by atoms with E-state index < -0.39 is 0 Å². The normalized spacial score (nSPS) is 10.2. The van der Waals surface area contributed by atoms with E-state index in [1.165, 1.54) is 6.07 Å². The van der Waals surface area contributed by atoms with Crippen molar-refractivity contribution in [1.82, 2.24) is 9.97 Å². The Balaban J connectivity index is 2.04. The van der Waals surface area contributed by atoms with Crippen LogP contribution >= 0.6 is 27.5 Å². The summed E-state index contributed by atoms with van der Waals surface area (Å²) in [5.41, 5.74) is 6.48. The molecular weight excluding hydrogens is 305 g/mol. The minimum atomic E-state index is 0.100. The van der Waals surface area contributed by atoms with Crippen molar-refractivity contribution in [3.05, 3.63) is 45.5 Å². The molecule has 4 nitrogen and oxygen atoms in total. The van der Waals surface area contributed by atoms with Crippen molar-refractivity contribution in [3.63, 3.8) is 0 Å². The lowest BCUT2D eigenvalue weighted by Crippen LogP contribution is -2.01. The highest BCUT2D eigenvalue weighted by Crippen LogP contribution is 2.17. The van der Waals surface area contributed by atoms with Gasteiger partial charge in [-0.15, -0.1) is 0 Å². The van der Waals surface area contributed by atoms with E-state index in [4.69, 9.17) is 22.1 Å². The summed E-state index contributed by atoms with van der Waals surface area (Å²) in [6.45, 7) is 0.403. The maximum atomic E-state index is 5.74. The van der Waals surface area contributed by atoms with Gasteiger partial charge in [0.05, 0.1) is 0 Å². The van der Waals surface area contributed by atoms with Crippen LogP contribution in [-0.2, 0) is 6.61 Å². The molecule has 2 rings (SSSR count). The quantitative estimate of drug-likeness (QED) is 0.885. The van der Waals surface area contributed by atoms with E-state index >= 15 is 0 Å². The monoisotopic (exact) mass is 313 g/mol. The zero-order valence-corrected chi connectivity index (χ0v) is 11.1. The number of nitrogens with two attached hydrogens (primary N) is 1. The van der Waals surface area contributed by atoms with E-state index in [9.17, 15) is 0 Å². The molecule has 0 fully saturated rings. The van der Waals surface area contributed by atoms with E-state index in [1.807, 2.05) is 24.3 Å². The highest BCUT2D eigenvalue weighted by atomic mass is 79.9. The third-order valence-corrected chi connectivity index (χ3v) is 2.71. The van der Waals surface area contributed by atoms with Gasteiger partial charge in [-0.25, -0.2) is 4.98 Å². The van der Waals surface area contributed by atoms with Crippen molar-refractivity contribution >= 4 is 33.5 Å². The number of hydrogen-bond donors (Lipinski definition) is 1. The van der Waals surface area contributed by atoms with Gasteiger partial charge in [0.15, 0.2) is 0 Å². The van der Waals surface area contributed by atoms with Gasteiger partial charge in [-0.3, -0.25) is 0 Å². The Morgan fingerprint density at radius 2 is 1.94 bits per heavy atom. The molecule has 17 heavy (non-hydrogen) atoms. The van der Waals surface area contributed by atoms with Crippen LogP contribution in [0.25, 0.3) is 0 Å². The van der Waals surface area contributed by atoms with Gasteiger partial charge in [0.2, 0.25) is 11.8 Å². The molecule has 0 atom stereocenters. The van der Waals surface area contributed by atoms with Crippen LogP contribution in [0, 0.1) is 0 Å². The number of rotatable bonds is 3. The minimum Gasteiger partial charge on any atom is -0.473 e. The lowest BCUT2D eigenvalue weighted by molar-refractivity contribution is 0.294. The summed E-state index contributed by atoms with van der Waals surface area (Å²) < 4.78 is 6.49. The summed E-state index contributed by atoms with van der Waals surface area (Å²) in [5, 5.41) is 0.267. The zero-order chi connectivity index (χ0) is 12.3. The standard InChI is InChI=1S/C11H9BrClN3O/c12-8-3-1-7(2-4-8)6-17-10-5-9(13)15-11(14)16-10/h1-5H,6H2,(H2,14,15,16). The highest BCUT2D eigenvalue weighted by molar-refractivity contribution is 9.10. The van der Waals surface area contributed by atoms with Crippen LogP contribution in [0.3, 0.4) is 0 Å². The molecule has 1 heterocycles. The Bertz CT molecular complexity index is 498. The predicted molar refractivity (Wildman–Crippen MR) is 69.9 cm³/mol. The van der Waals surface area contributed by atoms with Crippen molar-refractivity contribution in [1.29, 1.82) is 0 Å². The Hall–Kier alpha value is -1.33. The minimum absolute atomic E-state index is 0.100. The second-order valence-electron chi connectivity index (χ2n) is 3.30. The summed E-state index contributed by atoms with van der Waals surface area (Å²) in [5.74, 6) is 0.466. The number of nitrogen functional groups attached to an aromatic ring is 1. The van der Waals surface area contributed by atoms with E-state index in [0.29, 0.717) is 12.5 Å². The van der Waals surface area contributed by atoms with Gasteiger partial charge < -0.3 is 10.5 Å². The van der Waals surface area contributed by atoms with Crippen molar-refractivity contribution < 1.29 is 4.74 Å². The summed E-state index contributed by atoms with van der Waals surface area (Å²) >= 11 is 9.10. The fraction of sp³-hybridized carbons (Fsp3) is 0.0909. The number of anilines is 1. The molecule has 1 aromatic carbocycles. The van der Waals surface area contributed by atoms with Gasteiger partial charge >= 0.3 is 0 Å². The van der Waals surface area contributed by atoms with Crippen molar-refractivity contribution in [2.24, 2.45) is 0 Å². The summed E-state index contributed by atoms with van der Waals surface area (Å²) in [4.78, 5) is 7.66. The first-order valence-electron chi connectivity index (χ1n) is 4.81. The number of aromatic nitrogens is 2. The fourth-order valence-electron chi connectivity index (χ4n) is 1.23. The Morgan fingerprint density at radius 3 is 2.59 bits per heavy atom. The van der Waals surface area contributed by atoms with Crippen LogP contribution in [0.4, 0.5) is 5.95 Å². The maximum absolute atomic E-state index is 5.74. The van der Waals surface area contributed by atoms with Gasteiger partial charge in [0, 0.05) is 10.5 Å². The average Bonchev–Trinajstić information content (AvgIpc) is 2.27. The first kappa shape index (κ1) is 12.1. The second kappa shape index (κ2) is 5.33. The van der Waals surface area contributed by atoms with Crippen LogP contribution in [-0.4, -0.2) is 9.97 Å². The molecule has 0 spiro atoms. The topological polar surface area (TPSA) is 61.0 Å². The Labute approximate surface area is 112 Å². The van der Waals surface area contributed by atoms with Crippen molar-refractivity contribution in [2.45, 2.75) is 6.61 Å². The van der Waals surface area contributed by atoms with Crippen LogP contribution in [0.2, 0.25) is 5.15 Å². The third kappa shape index (κ3) is 3.57. The third-order valence-electron chi connectivity index (χ3n) is 1.99. The summed E-state index contributed by atoms with van der Waals surface area (Å²) in [6, 6.07) is 9.32. The van der Waals surface area contributed by atoms with Crippen LogP contribution in [0.5, 0.6) is 5.88 Å². The number of hydrogen-bond acceptors (Lipinski definition) is 4. The molecule has 2 aromatic rings. The molecular formula is C11H9BrClN3O. The lowest BCUT2D eigenvalue weighted by Gasteiger charge is -2.06. The first-order valence-corrected chi connectivity index (χ1v) is 5.98. The molecule has 1 aromatic heterocycles. The smallest absolute Gasteiger partial charge is 0.224 e. The SMILES string of the molecule is Nc1nc(Cl)cc(OCc2ccc(Br)cc2)n1. The molecule has 88 valence electrons. The van der Waals surface area contributed by atoms with E-state index in [-0.39, 0.29) is 11.1 Å². The van der Waals surface area contributed by atoms with Crippen LogP contribution < -0.4 is 10.5 Å². The van der Waals surface area contributed by atoms with Crippen molar-refractivity contribution in [2.75, 3.05) is 5.73 Å². The molecule has 0 aliphatic heterocycles. The van der Waals surface area contributed by atoms with Crippen LogP contribution in [0.15, 0.2) is 34.8 Å². The molecule has 0 saturated heterocycles. The first-order chi connectivity index (χ1) is 8.13. The van der Waals surface area contributed by atoms with Gasteiger partial charge in [-0.1, -0.05) is 39.7 Å². The van der Waals surface area contributed by atoms with Gasteiger partial charge in [0.25, 0.3) is 0 Å². The maximum Gasteiger partial charge on any atom is 0.224 e. The fourth-order valence-corrected chi connectivity index (χ4v) is 1.67. The van der Waals surface area contributed by atoms with Crippen LogP contribution in [0.1, 0.15) is 5.56 Å². The molecule has 0 radical (unpaired) electrons. The van der Waals surface area contributed by atoms with Crippen molar-refractivity contribution in [3.8, 4) is 5.88 Å². The summed E-state index contributed by atoms with van der Waals surface area (Å²) in [7, 11) is 0. The lowest BCUT2D eigenvalue weighted by atomic mass is 10.2. The summed E-state index contributed by atoms with van der Waals surface area (Å²) in [6.07, 6.45) is 0. The number of benzene rings is 1. The van der Waals surface area contributed by atoms with E-state index in [0.717, 1.165) is 10.0 Å².